The molecule has 1 amide bonds. The van der Waals surface area contributed by atoms with Gasteiger partial charge < -0.3 is 23.8 Å². The van der Waals surface area contributed by atoms with Crippen LogP contribution < -0.4 is 23.8 Å². The number of hydrogen-bond acceptors (Lipinski definition) is 8. The van der Waals surface area contributed by atoms with E-state index in [-0.39, 0.29) is 18.0 Å². The summed E-state index contributed by atoms with van der Waals surface area (Å²) in [6.07, 6.45) is -0.963. The molecule has 0 spiro atoms. The van der Waals surface area contributed by atoms with Crippen molar-refractivity contribution in [1.82, 2.24) is 0 Å². The lowest BCUT2D eigenvalue weighted by molar-refractivity contribution is -0.148. The number of ether oxygens (including phenoxy) is 4. The van der Waals surface area contributed by atoms with Crippen LogP contribution in [-0.4, -0.2) is 53.8 Å². The fourth-order valence-electron chi connectivity index (χ4n) is 3.56. The monoisotopic (exact) mass is 512 g/mol. The van der Waals surface area contributed by atoms with Crippen LogP contribution >= 0.6 is 0 Å². The van der Waals surface area contributed by atoms with E-state index in [1.54, 1.807) is 48.5 Å². The van der Waals surface area contributed by atoms with Gasteiger partial charge >= 0.3 is 5.97 Å². The number of esters is 1. The van der Waals surface area contributed by atoms with Gasteiger partial charge in [0.25, 0.3) is 15.9 Å². The molecule has 0 radical (unpaired) electrons. The molecule has 188 valence electrons. The van der Waals surface area contributed by atoms with Crippen molar-refractivity contribution >= 4 is 33.3 Å². The number of sulfonamides is 1. The summed E-state index contributed by atoms with van der Waals surface area (Å²) in [5, 5.41) is 0. The number of para-hydroxylation sites is 2. The Bertz CT molecular complexity index is 1360. The first kappa shape index (κ1) is 24.9. The Morgan fingerprint density at radius 2 is 1.75 bits per heavy atom. The molecule has 0 fully saturated rings. The van der Waals surface area contributed by atoms with Crippen LogP contribution in [0.4, 0.5) is 11.4 Å². The van der Waals surface area contributed by atoms with Gasteiger partial charge in [-0.1, -0.05) is 18.2 Å². The molecule has 3 aromatic rings. The molecule has 0 bridgehead atoms. The minimum Gasteiger partial charge on any atom is -0.497 e. The average Bonchev–Trinajstić information content (AvgIpc) is 2.90. The highest BCUT2D eigenvalue weighted by Crippen LogP contribution is 2.33. The first-order chi connectivity index (χ1) is 17.3. The maximum Gasteiger partial charge on any atom is 0.348 e. The summed E-state index contributed by atoms with van der Waals surface area (Å²) < 4.78 is 49.0. The number of methoxy groups -OCH3 is 2. The minimum atomic E-state index is -3.85. The number of amides is 1. The molecule has 1 aliphatic rings. The van der Waals surface area contributed by atoms with E-state index < -0.39 is 28.0 Å². The van der Waals surface area contributed by atoms with Crippen molar-refractivity contribution in [3.8, 4) is 17.2 Å². The number of fused-ring (bicyclic) bond motifs is 1. The van der Waals surface area contributed by atoms with E-state index in [1.165, 1.54) is 43.4 Å². The van der Waals surface area contributed by atoms with Crippen LogP contribution in [0.2, 0.25) is 0 Å². The Morgan fingerprint density at radius 1 is 1.00 bits per heavy atom. The zero-order chi connectivity index (χ0) is 25.7. The predicted octanol–water partition coefficient (Wildman–Crippen LogP) is 2.84. The first-order valence-corrected chi connectivity index (χ1v) is 12.3. The van der Waals surface area contributed by atoms with Gasteiger partial charge in [-0.05, 0) is 48.5 Å². The standard InChI is InChI=1S/C25H24N2O8S/c1-32-19-7-5-6-17(14-19)26-36(30,31)20-12-10-18(11-13-20)34-16-24(28)27-15-23(25(29)33-2)35-22-9-4-3-8-21(22)27/h3-14,23,26H,15-16H2,1-2H3/t23-/m0/s1. The maximum absolute atomic E-state index is 12.9. The number of carbonyl (C=O) groups is 2. The SMILES string of the molecule is COC(=O)[C@@H]1CN(C(=O)COc2ccc(S(=O)(=O)Nc3cccc(OC)c3)cc2)c2ccccc2O1. The lowest BCUT2D eigenvalue weighted by atomic mass is 10.2. The number of benzene rings is 3. The fraction of sp³-hybridized carbons (Fsp3) is 0.200. The molecule has 10 nitrogen and oxygen atoms in total. The van der Waals surface area contributed by atoms with E-state index in [0.29, 0.717) is 28.6 Å². The summed E-state index contributed by atoms with van der Waals surface area (Å²) in [4.78, 5) is 26.4. The van der Waals surface area contributed by atoms with Crippen LogP contribution in [0.3, 0.4) is 0 Å². The van der Waals surface area contributed by atoms with Crippen molar-refractivity contribution in [2.75, 3.05) is 37.0 Å². The molecule has 0 aliphatic carbocycles. The number of anilines is 2. The summed E-state index contributed by atoms with van der Waals surface area (Å²) in [5.41, 5.74) is 0.868. The van der Waals surface area contributed by atoms with Gasteiger partial charge in [0.2, 0.25) is 6.10 Å². The van der Waals surface area contributed by atoms with Crippen LogP contribution in [0.5, 0.6) is 17.2 Å². The molecule has 0 saturated heterocycles. The zero-order valence-electron chi connectivity index (χ0n) is 19.5. The van der Waals surface area contributed by atoms with Gasteiger partial charge in [0.05, 0.1) is 37.0 Å². The molecule has 4 rings (SSSR count). The number of hydrogen-bond donors (Lipinski definition) is 1. The van der Waals surface area contributed by atoms with Crippen LogP contribution in [0, 0.1) is 0 Å². The van der Waals surface area contributed by atoms with E-state index in [4.69, 9.17) is 18.9 Å². The van der Waals surface area contributed by atoms with Crippen LogP contribution in [0.25, 0.3) is 0 Å². The molecule has 1 N–H and O–H groups in total. The quantitative estimate of drug-likeness (QED) is 0.458. The number of nitrogens with zero attached hydrogens (tertiary/aromatic N) is 1. The van der Waals surface area contributed by atoms with E-state index >= 15 is 0 Å². The summed E-state index contributed by atoms with van der Waals surface area (Å²) in [7, 11) is -1.11. The average molecular weight is 513 g/mol. The van der Waals surface area contributed by atoms with Crippen molar-refractivity contribution in [2.24, 2.45) is 0 Å². The Labute approximate surface area is 208 Å². The third-order valence-electron chi connectivity index (χ3n) is 5.36. The van der Waals surface area contributed by atoms with Crippen LogP contribution in [0.15, 0.2) is 77.7 Å². The Balaban J connectivity index is 1.42. The molecule has 1 heterocycles. The highest BCUT2D eigenvalue weighted by molar-refractivity contribution is 7.92. The summed E-state index contributed by atoms with van der Waals surface area (Å²) >= 11 is 0. The van der Waals surface area contributed by atoms with E-state index in [2.05, 4.69) is 4.72 Å². The second-order valence-electron chi connectivity index (χ2n) is 7.70. The van der Waals surface area contributed by atoms with Gasteiger partial charge in [0.1, 0.15) is 17.2 Å². The maximum atomic E-state index is 12.9. The smallest absolute Gasteiger partial charge is 0.348 e. The minimum absolute atomic E-state index is 0.0204. The fourth-order valence-corrected chi connectivity index (χ4v) is 4.61. The molecular weight excluding hydrogens is 488 g/mol. The Kier molecular flexibility index (Phi) is 7.30. The Hall–Kier alpha value is -4.25. The second kappa shape index (κ2) is 10.6. The third kappa shape index (κ3) is 5.52. The molecule has 3 aromatic carbocycles. The molecule has 0 aromatic heterocycles. The van der Waals surface area contributed by atoms with Crippen molar-refractivity contribution in [1.29, 1.82) is 0 Å². The Morgan fingerprint density at radius 3 is 2.47 bits per heavy atom. The van der Waals surface area contributed by atoms with Crippen LogP contribution in [-0.2, 0) is 24.3 Å². The highest BCUT2D eigenvalue weighted by atomic mass is 32.2. The van der Waals surface area contributed by atoms with Crippen molar-refractivity contribution in [2.45, 2.75) is 11.0 Å². The molecule has 0 unspecified atom stereocenters. The second-order valence-corrected chi connectivity index (χ2v) is 9.38. The summed E-state index contributed by atoms with van der Waals surface area (Å²) in [6, 6.07) is 19.1. The number of nitrogens with one attached hydrogen (secondary N) is 1. The van der Waals surface area contributed by atoms with Gasteiger partial charge in [-0.25, -0.2) is 13.2 Å². The molecule has 0 saturated carbocycles. The predicted molar refractivity (Wildman–Crippen MR) is 131 cm³/mol. The number of carbonyl (C=O) groups excluding carboxylic acids is 2. The summed E-state index contributed by atoms with van der Waals surface area (Å²) in [5.74, 6) is 0.198. The topological polar surface area (TPSA) is 120 Å². The van der Waals surface area contributed by atoms with Gasteiger partial charge in [0, 0.05) is 6.07 Å². The van der Waals surface area contributed by atoms with E-state index in [1.807, 2.05) is 0 Å². The first-order valence-electron chi connectivity index (χ1n) is 10.8. The lowest BCUT2D eigenvalue weighted by Crippen LogP contribution is -2.48. The number of rotatable bonds is 8. The van der Waals surface area contributed by atoms with Crippen molar-refractivity contribution in [3.63, 3.8) is 0 Å². The van der Waals surface area contributed by atoms with Gasteiger partial charge in [-0.2, -0.15) is 0 Å². The lowest BCUT2D eigenvalue weighted by Gasteiger charge is -2.33. The van der Waals surface area contributed by atoms with E-state index in [9.17, 15) is 18.0 Å². The molecular formula is C25H24N2O8S. The molecule has 1 aliphatic heterocycles. The van der Waals surface area contributed by atoms with Gasteiger partial charge in [-0.3, -0.25) is 9.52 Å². The highest BCUT2D eigenvalue weighted by Gasteiger charge is 2.34. The normalized spacial score (nSPS) is 14.7. The molecule has 36 heavy (non-hydrogen) atoms. The zero-order valence-corrected chi connectivity index (χ0v) is 20.4. The van der Waals surface area contributed by atoms with E-state index in [0.717, 1.165) is 0 Å². The van der Waals surface area contributed by atoms with Gasteiger partial charge in [-0.15, -0.1) is 0 Å². The molecule has 11 heteroatoms. The largest absolute Gasteiger partial charge is 0.497 e. The van der Waals surface area contributed by atoms with Gasteiger partial charge in [0.15, 0.2) is 6.61 Å². The third-order valence-corrected chi connectivity index (χ3v) is 6.75. The molecule has 1 atom stereocenters. The van der Waals surface area contributed by atoms with Crippen molar-refractivity contribution < 1.29 is 37.0 Å². The van der Waals surface area contributed by atoms with Crippen molar-refractivity contribution in [3.05, 3.63) is 72.8 Å². The van der Waals surface area contributed by atoms with Crippen LogP contribution in [0.1, 0.15) is 0 Å². The summed E-state index contributed by atoms with van der Waals surface area (Å²) in [6.45, 7) is -0.366.